The highest BCUT2D eigenvalue weighted by Gasteiger charge is 2.26. The molecule has 1 aromatic rings. The van der Waals surface area contributed by atoms with Gasteiger partial charge in [0, 0.05) is 13.0 Å². The summed E-state index contributed by atoms with van der Waals surface area (Å²) in [6.07, 6.45) is -2.34. The van der Waals surface area contributed by atoms with E-state index in [4.69, 9.17) is 9.84 Å². The van der Waals surface area contributed by atoms with Crippen LogP contribution in [-0.4, -0.2) is 33.6 Å². The molecule has 3 N–H and O–H groups in total. The van der Waals surface area contributed by atoms with Crippen molar-refractivity contribution in [3.63, 3.8) is 0 Å². The zero-order chi connectivity index (χ0) is 15.5. The lowest BCUT2D eigenvalue weighted by molar-refractivity contribution is -0.176. The van der Waals surface area contributed by atoms with E-state index in [0.717, 1.165) is 6.07 Å². The standard InChI is InChI=1S/C12H17NO7/c1-6(18-10(16)12(2,3)4)19-11(17)20-7-5-8(14)13-9(7)15/h5-6,13-15H,1-4H3. The first-order valence-corrected chi connectivity index (χ1v) is 5.80. The number of rotatable bonds is 3. The zero-order valence-electron chi connectivity index (χ0n) is 11.6. The molecule has 1 unspecified atom stereocenters. The van der Waals surface area contributed by atoms with Gasteiger partial charge in [-0.3, -0.25) is 9.78 Å². The second-order valence-corrected chi connectivity index (χ2v) is 5.06. The number of esters is 1. The van der Waals surface area contributed by atoms with Crippen LogP contribution in [0.2, 0.25) is 0 Å². The number of carbonyl (C=O) groups excluding carboxylic acids is 2. The van der Waals surface area contributed by atoms with Gasteiger partial charge in [-0.15, -0.1) is 0 Å². The number of hydrogen-bond acceptors (Lipinski definition) is 7. The minimum Gasteiger partial charge on any atom is -0.494 e. The lowest BCUT2D eigenvalue weighted by Crippen LogP contribution is -2.30. The Morgan fingerprint density at radius 2 is 1.85 bits per heavy atom. The molecule has 1 rings (SSSR count). The minimum absolute atomic E-state index is 0.304. The van der Waals surface area contributed by atoms with Crippen LogP contribution in [-0.2, 0) is 14.3 Å². The monoisotopic (exact) mass is 287 g/mol. The first-order chi connectivity index (χ1) is 9.09. The van der Waals surface area contributed by atoms with E-state index in [0.29, 0.717) is 0 Å². The lowest BCUT2D eigenvalue weighted by atomic mass is 9.97. The van der Waals surface area contributed by atoms with Crippen LogP contribution in [0.5, 0.6) is 17.5 Å². The van der Waals surface area contributed by atoms with Gasteiger partial charge in [0.05, 0.1) is 5.41 Å². The summed E-state index contributed by atoms with van der Waals surface area (Å²) >= 11 is 0. The SMILES string of the molecule is CC(OC(=O)Oc1cc(O)[nH]c1O)OC(=O)C(C)(C)C. The summed E-state index contributed by atoms with van der Waals surface area (Å²) in [7, 11) is 0. The molecular formula is C12H17NO7. The summed E-state index contributed by atoms with van der Waals surface area (Å²) in [5.41, 5.74) is -0.730. The van der Waals surface area contributed by atoms with Crippen molar-refractivity contribution in [1.82, 2.24) is 4.98 Å². The Morgan fingerprint density at radius 1 is 1.25 bits per heavy atom. The van der Waals surface area contributed by atoms with E-state index in [-0.39, 0.29) is 11.6 Å². The van der Waals surface area contributed by atoms with Crippen LogP contribution in [0.1, 0.15) is 27.7 Å². The van der Waals surface area contributed by atoms with Gasteiger partial charge in [0.25, 0.3) is 0 Å². The summed E-state index contributed by atoms with van der Waals surface area (Å²) in [4.78, 5) is 25.0. The van der Waals surface area contributed by atoms with Gasteiger partial charge in [0.2, 0.25) is 12.2 Å². The van der Waals surface area contributed by atoms with Crippen LogP contribution < -0.4 is 4.74 Å². The fraction of sp³-hybridized carbons (Fsp3) is 0.500. The van der Waals surface area contributed by atoms with E-state index in [1.54, 1.807) is 20.8 Å². The minimum atomic E-state index is -1.19. The molecule has 0 radical (unpaired) electrons. The van der Waals surface area contributed by atoms with Gasteiger partial charge < -0.3 is 24.4 Å². The van der Waals surface area contributed by atoms with Crippen molar-refractivity contribution in [3.05, 3.63) is 6.07 Å². The van der Waals surface area contributed by atoms with E-state index in [9.17, 15) is 14.7 Å². The molecule has 112 valence electrons. The number of H-pyrrole nitrogens is 1. The molecule has 1 atom stereocenters. The Kier molecular flexibility index (Phi) is 4.49. The van der Waals surface area contributed by atoms with Crippen LogP contribution in [0.25, 0.3) is 0 Å². The first-order valence-electron chi connectivity index (χ1n) is 5.80. The van der Waals surface area contributed by atoms with Crippen molar-refractivity contribution in [2.45, 2.75) is 34.0 Å². The van der Waals surface area contributed by atoms with E-state index in [2.05, 4.69) is 14.5 Å². The van der Waals surface area contributed by atoms with E-state index >= 15 is 0 Å². The molecule has 20 heavy (non-hydrogen) atoms. The number of aromatic hydroxyl groups is 2. The van der Waals surface area contributed by atoms with Crippen molar-refractivity contribution in [2.24, 2.45) is 5.41 Å². The predicted octanol–water partition coefficient (Wildman–Crippen LogP) is 1.88. The van der Waals surface area contributed by atoms with Crippen molar-refractivity contribution >= 4 is 12.1 Å². The molecular weight excluding hydrogens is 270 g/mol. The Hall–Kier alpha value is -2.38. The first kappa shape index (κ1) is 15.7. The molecule has 0 aliphatic rings. The molecule has 0 bridgehead atoms. The number of nitrogens with one attached hydrogen (secondary N) is 1. The number of hydrogen-bond donors (Lipinski definition) is 3. The third-order valence-corrected chi connectivity index (χ3v) is 2.09. The Balaban J connectivity index is 2.50. The second-order valence-electron chi connectivity index (χ2n) is 5.06. The molecule has 1 heterocycles. The number of aromatic nitrogens is 1. The normalized spacial score (nSPS) is 12.6. The Labute approximate surface area is 115 Å². The predicted molar refractivity (Wildman–Crippen MR) is 66.2 cm³/mol. The van der Waals surface area contributed by atoms with Gasteiger partial charge in [-0.2, -0.15) is 0 Å². The van der Waals surface area contributed by atoms with Crippen molar-refractivity contribution in [1.29, 1.82) is 0 Å². The van der Waals surface area contributed by atoms with Crippen molar-refractivity contribution in [2.75, 3.05) is 0 Å². The maximum atomic E-state index is 11.5. The largest absolute Gasteiger partial charge is 0.517 e. The zero-order valence-corrected chi connectivity index (χ0v) is 11.6. The van der Waals surface area contributed by atoms with E-state index < -0.39 is 29.7 Å². The van der Waals surface area contributed by atoms with Gasteiger partial charge in [-0.1, -0.05) is 0 Å². The fourth-order valence-electron chi connectivity index (χ4n) is 1.09. The highest BCUT2D eigenvalue weighted by atomic mass is 16.8. The van der Waals surface area contributed by atoms with Gasteiger partial charge >= 0.3 is 12.1 Å². The highest BCUT2D eigenvalue weighted by Crippen LogP contribution is 2.29. The van der Waals surface area contributed by atoms with Gasteiger partial charge in [0.15, 0.2) is 11.6 Å². The van der Waals surface area contributed by atoms with Crippen LogP contribution >= 0.6 is 0 Å². The molecule has 8 nitrogen and oxygen atoms in total. The van der Waals surface area contributed by atoms with Crippen LogP contribution in [0, 0.1) is 5.41 Å². The Morgan fingerprint density at radius 3 is 2.30 bits per heavy atom. The average Bonchev–Trinajstić information content (AvgIpc) is 2.55. The van der Waals surface area contributed by atoms with Gasteiger partial charge in [0.1, 0.15) is 0 Å². The molecule has 0 fully saturated rings. The Bertz CT molecular complexity index is 500. The fourth-order valence-corrected chi connectivity index (χ4v) is 1.09. The summed E-state index contributed by atoms with van der Waals surface area (Å²) in [6.45, 7) is 6.31. The van der Waals surface area contributed by atoms with Crippen LogP contribution in [0.15, 0.2) is 6.07 Å². The number of carbonyl (C=O) groups is 2. The van der Waals surface area contributed by atoms with Crippen LogP contribution in [0.4, 0.5) is 4.79 Å². The van der Waals surface area contributed by atoms with Gasteiger partial charge in [-0.25, -0.2) is 4.79 Å². The van der Waals surface area contributed by atoms with Crippen molar-refractivity contribution in [3.8, 4) is 17.5 Å². The molecule has 0 amide bonds. The second kappa shape index (κ2) is 5.72. The molecule has 0 saturated heterocycles. The molecule has 0 aromatic carbocycles. The topological polar surface area (TPSA) is 118 Å². The third-order valence-electron chi connectivity index (χ3n) is 2.09. The number of ether oxygens (including phenoxy) is 3. The average molecular weight is 287 g/mol. The molecule has 0 aliphatic carbocycles. The third kappa shape index (κ3) is 4.38. The number of aromatic amines is 1. The summed E-state index contributed by atoms with van der Waals surface area (Å²) in [5, 5.41) is 18.3. The van der Waals surface area contributed by atoms with Gasteiger partial charge in [-0.05, 0) is 20.8 Å². The van der Waals surface area contributed by atoms with E-state index in [1.165, 1.54) is 6.92 Å². The molecule has 8 heteroatoms. The molecule has 0 spiro atoms. The van der Waals surface area contributed by atoms with Crippen LogP contribution in [0.3, 0.4) is 0 Å². The lowest BCUT2D eigenvalue weighted by Gasteiger charge is -2.20. The molecule has 1 aromatic heterocycles. The maximum absolute atomic E-state index is 11.5. The summed E-state index contributed by atoms with van der Waals surface area (Å²) in [6, 6.07) is 0.989. The summed E-state index contributed by atoms with van der Waals surface area (Å²) in [5.74, 6) is -1.75. The molecule has 0 saturated carbocycles. The van der Waals surface area contributed by atoms with E-state index in [1.807, 2.05) is 0 Å². The highest BCUT2D eigenvalue weighted by molar-refractivity contribution is 5.75. The quantitative estimate of drug-likeness (QED) is 0.573. The maximum Gasteiger partial charge on any atom is 0.517 e. The smallest absolute Gasteiger partial charge is 0.494 e. The molecule has 0 aliphatic heterocycles. The van der Waals surface area contributed by atoms with Crippen molar-refractivity contribution < 1.29 is 34.0 Å². The summed E-state index contributed by atoms with van der Waals surface area (Å²) < 4.78 is 14.2.